The molecule has 0 spiro atoms. The van der Waals surface area contributed by atoms with Crippen LogP contribution in [0, 0.1) is 5.92 Å². The second kappa shape index (κ2) is 5.35. The number of primary amides is 1. The van der Waals surface area contributed by atoms with E-state index in [4.69, 9.17) is 15.2 Å². The van der Waals surface area contributed by atoms with E-state index in [1.165, 1.54) is 0 Å². The molecule has 3 atom stereocenters. The predicted octanol–water partition coefficient (Wildman–Crippen LogP) is 1.26. The van der Waals surface area contributed by atoms with Gasteiger partial charge in [-0.25, -0.2) is 0 Å². The summed E-state index contributed by atoms with van der Waals surface area (Å²) in [6.45, 7) is 2.51. The zero-order valence-electron chi connectivity index (χ0n) is 11.2. The molecule has 0 aliphatic carbocycles. The fourth-order valence-corrected chi connectivity index (χ4v) is 3.31. The summed E-state index contributed by atoms with van der Waals surface area (Å²) in [5.41, 5.74) is 5.82. The van der Waals surface area contributed by atoms with Crippen molar-refractivity contribution < 1.29 is 14.3 Å². The molecule has 2 saturated heterocycles. The quantitative estimate of drug-likeness (QED) is 0.899. The fourth-order valence-electron chi connectivity index (χ4n) is 2.95. The number of fused-ring (bicyclic) bond motifs is 2. The number of benzene rings is 1. The van der Waals surface area contributed by atoms with Crippen LogP contribution in [0.15, 0.2) is 22.7 Å². The second-order valence-electron chi connectivity index (χ2n) is 5.44. The zero-order chi connectivity index (χ0) is 14.3. The van der Waals surface area contributed by atoms with E-state index in [0.717, 1.165) is 17.6 Å². The van der Waals surface area contributed by atoms with Crippen LogP contribution in [0.5, 0.6) is 5.75 Å². The molecule has 2 heterocycles. The van der Waals surface area contributed by atoms with Crippen molar-refractivity contribution >= 4 is 21.8 Å². The molecular formula is C14H17BrN2O3. The number of ether oxygens (including phenoxy) is 2. The molecule has 6 heteroatoms. The van der Waals surface area contributed by atoms with Crippen molar-refractivity contribution in [3.05, 3.63) is 28.2 Å². The van der Waals surface area contributed by atoms with E-state index >= 15 is 0 Å². The molecular weight excluding hydrogens is 324 g/mol. The van der Waals surface area contributed by atoms with Crippen molar-refractivity contribution in [3.8, 4) is 5.75 Å². The van der Waals surface area contributed by atoms with Gasteiger partial charge in [0.15, 0.2) is 0 Å². The zero-order valence-corrected chi connectivity index (χ0v) is 12.8. The molecule has 108 valence electrons. The van der Waals surface area contributed by atoms with Crippen LogP contribution in [0.2, 0.25) is 0 Å². The number of carbonyl (C=O) groups excluding carboxylic acids is 1. The first-order chi connectivity index (χ1) is 9.54. The van der Waals surface area contributed by atoms with Gasteiger partial charge < -0.3 is 20.1 Å². The topological polar surface area (TPSA) is 64.8 Å². The monoisotopic (exact) mass is 340 g/mol. The van der Waals surface area contributed by atoms with Crippen molar-refractivity contribution in [2.45, 2.75) is 12.2 Å². The standard InChI is InChI=1S/C14H17BrN2O3/c1-17-5-8-7-19-12(6-17)13(8)20-11-3-2-9(15)4-10(11)14(16)18/h2-4,8,12-13H,5-7H2,1H3,(H2,16,18)/t8-,12-,13?/m0/s1. The molecule has 2 bridgehead atoms. The van der Waals surface area contributed by atoms with Gasteiger partial charge in [0.2, 0.25) is 0 Å². The normalized spacial score (nSPS) is 29.4. The number of carbonyl (C=O) groups is 1. The lowest BCUT2D eigenvalue weighted by Crippen LogP contribution is -2.49. The Balaban J connectivity index is 1.84. The van der Waals surface area contributed by atoms with E-state index in [1.54, 1.807) is 12.1 Å². The van der Waals surface area contributed by atoms with Gasteiger partial charge in [-0.2, -0.15) is 0 Å². The van der Waals surface area contributed by atoms with Crippen LogP contribution < -0.4 is 10.5 Å². The van der Waals surface area contributed by atoms with E-state index in [1.807, 2.05) is 6.07 Å². The number of nitrogens with two attached hydrogens (primary N) is 1. The van der Waals surface area contributed by atoms with E-state index in [-0.39, 0.29) is 12.2 Å². The Morgan fingerprint density at radius 1 is 1.50 bits per heavy atom. The molecule has 2 aliphatic heterocycles. The molecule has 5 nitrogen and oxygen atoms in total. The molecule has 1 amide bonds. The van der Waals surface area contributed by atoms with Crippen LogP contribution in [0.1, 0.15) is 10.4 Å². The van der Waals surface area contributed by atoms with Gasteiger partial charge in [-0.05, 0) is 25.2 Å². The Labute approximate surface area is 126 Å². The molecule has 1 aromatic carbocycles. The van der Waals surface area contributed by atoms with Gasteiger partial charge in [0.05, 0.1) is 12.2 Å². The van der Waals surface area contributed by atoms with Gasteiger partial charge in [0, 0.05) is 23.5 Å². The van der Waals surface area contributed by atoms with Crippen molar-refractivity contribution in [1.82, 2.24) is 4.90 Å². The highest BCUT2D eigenvalue weighted by Gasteiger charge is 2.44. The van der Waals surface area contributed by atoms with Gasteiger partial charge in [-0.15, -0.1) is 0 Å². The van der Waals surface area contributed by atoms with Gasteiger partial charge in [-0.3, -0.25) is 4.79 Å². The van der Waals surface area contributed by atoms with Crippen LogP contribution in [-0.4, -0.2) is 49.8 Å². The van der Waals surface area contributed by atoms with Gasteiger partial charge >= 0.3 is 0 Å². The number of nitrogens with zero attached hydrogens (tertiary/aromatic N) is 1. The Morgan fingerprint density at radius 3 is 3.00 bits per heavy atom. The third kappa shape index (κ3) is 2.55. The van der Waals surface area contributed by atoms with Crippen LogP contribution in [0.25, 0.3) is 0 Å². The lowest BCUT2D eigenvalue weighted by molar-refractivity contribution is 0.0119. The number of hydrogen-bond donors (Lipinski definition) is 1. The lowest BCUT2D eigenvalue weighted by atomic mass is 9.96. The van der Waals surface area contributed by atoms with Crippen LogP contribution in [0.3, 0.4) is 0 Å². The molecule has 1 aromatic rings. The smallest absolute Gasteiger partial charge is 0.252 e. The summed E-state index contributed by atoms with van der Waals surface area (Å²) in [7, 11) is 2.08. The van der Waals surface area contributed by atoms with Crippen molar-refractivity contribution in [2.75, 3.05) is 26.7 Å². The molecule has 20 heavy (non-hydrogen) atoms. The molecule has 3 rings (SSSR count). The Kier molecular flexibility index (Phi) is 3.70. The third-order valence-corrected chi connectivity index (χ3v) is 4.36. The molecule has 0 radical (unpaired) electrons. The number of likely N-dealkylation sites (tertiary alicyclic amines) is 1. The first kappa shape index (κ1) is 13.9. The minimum atomic E-state index is -0.484. The van der Waals surface area contributed by atoms with Gasteiger partial charge in [-0.1, -0.05) is 15.9 Å². The van der Waals surface area contributed by atoms with Gasteiger partial charge in [0.25, 0.3) is 5.91 Å². The summed E-state index contributed by atoms with van der Waals surface area (Å²) in [4.78, 5) is 13.8. The average molecular weight is 341 g/mol. The summed E-state index contributed by atoms with van der Waals surface area (Å²) in [5.74, 6) is 0.390. The predicted molar refractivity (Wildman–Crippen MR) is 77.8 cm³/mol. The largest absolute Gasteiger partial charge is 0.486 e. The Hall–Kier alpha value is -1.11. The van der Waals surface area contributed by atoms with Crippen LogP contribution in [0.4, 0.5) is 0 Å². The lowest BCUT2D eigenvalue weighted by Gasteiger charge is -2.34. The van der Waals surface area contributed by atoms with Crippen molar-refractivity contribution in [1.29, 1.82) is 0 Å². The maximum atomic E-state index is 11.5. The van der Waals surface area contributed by atoms with E-state index in [9.17, 15) is 4.79 Å². The summed E-state index contributed by atoms with van der Waals surface area (Å²) in [5, 5.41) is 0. The molecule has 0 saturated carbocycles. The highest BCUT2D eigenvalue weighted by Crippen LogP contribution is 2.32. The minimum Gasteiger partial charge on any atom is -0.486 e. The van der Waals surface area contributed by atoms with Crippen molar-refractivity contribution in [3.63, 3.8) is 0 Å². The SMILES string of the molecule is CN1C[C@H]2CO[C@@H](C1)C2Oc1ccc(Br)cc1C(N)=O. The Morgan fingerprint density at radius 2 is 2.30 bits per heavy atom. The van der Waals surface area contributed by atoms with E-state index in [2.05, 4.69) is 27.9 Å². The summed E-state index contributed by atoms with van der Waals surface area (Å²) in [6.07, 6.45) is 0.0496. The summed E-state index contributed by atoms with van der Waals surface area (Å²) < 4.78 is 12.6. The maximum Gasteiger partial charge on any atom is 0.252 e. The van der Waals surface area contributed by atoms with Crippen molar-refractivity contribution in [2.24, 2.45) is 11.7 Å². The van der Waals surface area contributed by atoms with E-state index in [0.29, 0.717) is 23.8 Å². The first-order valence-electron chi connectivity index (χ1n) is 6.61. The number of amides is 1. The average Bonchev–Trinajstić information content (AvgIpc) is 2.63. The molecule has 2 fully saturated rings. The van der Waals surface area contributed by atoms with E-state index < -0.39 is 5.91 Å². The summed E-state index contributed by atoms with van der Waals surface area (Å²) >= 11 is 3.34. The van der Waals surface area contributed by atoms with Crippen LogP contribution >= 0.6 is 15.9 Å². The van der Waals surface area contributed by atoms with Gasteiger partial charge in [0.1, 0.15) is 18.0 Å². The first-order valence-corrected chi connectivity index (χ1v) is 7.40. The number of piperidine rings is 1. The minimum absolute atomic E-state index is 0.00882. The number of hydrogen-bond acceptors (Lipinski definition) is 4. The third-order valence-electron chi connectivity index (χ3n) is 3.86. The molecule has 2 aliphatic rings. The molecule has 0 aromatic heterocycles. The fraction of sp³-hybridized carbons (Fsp3) is 0.500. The highest BCUT2D eigenvalue weighted by atomic mass is 79.9. The Bertz CT molecular complexity index is 523. The maximum absolute atomic E-state index is 11.5. The number of likely N-dealkylation sites (N-methyl/N-ethyl adjacent to an activating group) is 1. The number of halogens is 1. The molecule has 1 unspecified atom stereocenters. The second-order valence-corrected chi connectivity index (χ2v) is 6.36. The highest BCUT2D eigenvalue weighted by molar-refractivity contribution is 9.10. The summed E-state index contributed by atoms with van der Waals surface area (Å²) in [6, 6.07) is 5.32. The van der Waals surface area contributed by atoms with Crippen LogP contribution in [-0.2, 0) is 4.74 Å². The molecule has 2 N–H and O–H groups in total. The number of rotatable bonds is 3.